The van der Waals surface area contributed by atoms with Gasteiger partial charge in [-0.05, 0) is 136 Å². The number of rotatable bonds is 6. The summed E-state index contributed by atoms with van der Waals surface area (Å²) >= 11 is 11.2. The first-order chi connectivity index (χ1) is 28.1. The summed E-state index contributed by atoms with van der Waals surface area (Å²) in [4.78, 5) is 70.7. The van der Waals surface area contributed by atoms with Crippen molar-refractivity contribution in [2.75, 3.05) is 26.6 Å². The summed E-state index contributed by atoms with van der Waals surface area (Å²) in [5.41, 5.74) is 0.619. The zero-order chi connectivity index (χ0) is 42.6. The molecule has 2 aliphatic heterocycles. The van der Waals surface area contributed by atoms with Crippen LogP contribution in [0, 0.1) is 38.6 Å². The predicted molar refractivity (Wildman–Crippen MR) is 235 cm³/mol. The molecule has 2 saturated heterocycles. The van der Waals surface area contributed by atoms with Crippen LogP contribution in [0.1, 0.15) is 85.2 Å². The number of aromatic carboxylic acids is 1. The van der Waals surface area contributed by atoms with Crippen molar-refractivity contribution in [3.05, 3.63) is 118 Å². The summed E-state index contributed by atoms with van der Waals surface area (Å²) in [6, 6.07) is 11.3. The fraction of sp³-hybridized carbons (Fsp3) is 0.302. The van der Waals surface area contributed by atoms with Crippen LogP contribution in [0.15, 0.2) is 60.9 Å². The van der Waals surface area contributed by atoms with E-state index in [2.05, 4.69) is 25.0 Å². The highest BCUT2D eigenvalue weighted by atomic mass is 32.1. The summed E-state index contributed by atoms with van der Waals surface area (Å²) in [5, 5.41) is 11.9. The lowest BCUT2D eigenvalue weighted by molar-refractivity contribution is -0.124. The monoisotopic (exact) mass is 865 g/mol. The Labute approximate surface area is 362 Å². The third-order valence-corrected chi connectivity index (χ3v) is 11.8. The first-order valence-corrected chi connectivity index (χ1v) is 19.1. The number of hydrogen-bond donors (Lipinski definition) is 2. The molecule has 2 aromatic carbocycles. The van der Waals surface area contributed by atoms with Gasteiger partial charge in [0.2, 0.25) is 0 Å². The van der Waals surface area contributed by atoms with Gasteiger partial charge >= 0.3 is 5.97 Å². The summed E-state index contributed by atoms with van der Waals surface area (Å²) in [6.45, 7) is 17.8. The largest absolute Gasteiger partial charge is 0.478 e. The number of pyridine rings is 2. The van der Waals surface area contributed by atoms with E-state index in [1.165, 1.54) is 53.5 Å². The summed E-state index contributed by atoms with van der Waals surface area (Å²) in [6.07, 6.45) is 6.84. The molecule has 2 N–H and O–H groups in total. The second-order valence-corrected chi connectivity index (χ2v) is 15.1. The Balaban J connectivity index is 0.000000224. The van der Waals surface area contributed by atoms with Gasteiger partial charge in [-0.15, -0.1) is 9.97 Å². The SMILES string of the molecule is C.C.[C-]#[N+]c1ncc(N2C(=O)C3(CCC3)N(c3ccc(C(=O)NC)c(F)c3)C2=S)cc1C.[C-]#[N+]c1ncc(N2C(=O)C3(CCC3)N(c3ccc(C(=O)O)c(F)c3)C2=S)cc1C. The van der Waals surface area contributed by atoms with Crippen LogP contribution in [-0.4, -0.2) is 67.1 Å². The number of carboxylic acids is 1. The average Bonchev–Trinajstić information content (AvgIpc) is 3.56. The molecule has 61 heavy (non-hydrogen) atoms. The molecule has 2 spiro atoms. The molecule has 4 aliphatic rings. The third-order valence-electron chi connectivity index (χ3n) is 11.1. The molecule has 18 heteroatoms. The van der Waals surface area contributed by atoms with Gasteiger partial charge in [-0.1, -0.05) is 28.0 Å². The molecule has 2 aromatic heterocycles. The number of halogens is 2. The van der Waals surface area contributed by atoms with E-state index in [-0.39, 0.29) is 54.1 Å². The Morgan fingerprint density at radius 2 is 1.11 bits per heavy atom. The minimum absolute atomic E-state index is 0. The summed E-state index contributed by atoms with van der Waals surface area (Å²) in [5.74, 6) is -3.38. The summed E-state index contributed by atoms with van der Waals surface area (Å²) < 4.78 is 28.9. The van der Waals surface area contributed by atoms with E-state index in [1.54, 1.807) is 41.8 Å². The van der Waals surface area contributed by atoms with Gasteiger partial charge in [-0.25, -0.2) is 13.6 Å². The molecule has 8 rings (SSSR count). The molecule has 3 amide bonds. The van der Waals surface area contributed by atoms with Crippen molar-refractivity contribution in [1.29, 1.82) is 0 Å². The normalized spacial score (nSPS) is 16.7. The Hall–Kier alpha value is -6.76. The lowest BCUT2D eigenvalue weighted by Gasteiger charge is -2.43. The highest BCUT2D eigenvalue weighted by Crippen LogP contribution is 2.49. The number of carbonyl (C=O) groups is 4. The van der Waals surface area contributed by atoms with Crippen LogP contribution in [0.25, 0.3) is 9.69 Å². The molecule has 4 heterocycles. The smallest absolute Gasteiger partial charge is 0.338 e. The molecule has 0 radical (unpaired) electrons. The highest BCUT2D eigenvalue weighted by molar-refractivity contribution is 7.81. The first-order valence-electron chi connectivity index (χ1n) is 18.2. The van der Waals surface area contributed by atoms with Crippen LogP contribution in [0.4, 0.5) is 43.2 Å². The van der Waals surface area contributed by atoms with Gasteiger partial charge in [-0.3, -0.25) is 24.2 Å². The minimum Gasteiger partial charge on any atom is -0.478 e. The van der Waals surface area contributed by atoms with Crippen LogP contribution in [0.5, 0.6) is 0 Å². The number of thiocarbonyl (C=S) groups is 2. The standard InChI is InChI=1S/C21H18FN5O2S.C20H15FN4O3S.2CH4/c1-12-9-14(11-25-17(12)23-2)26-19(29)21(7-4-8-21)27(20(26)30)13-5-6-15(16(22)10-13)18(28)24-3;1-11-8-13(10-23-16(11)22-2)24-18(28)20(6-3-7-20)25(19(24)29)12-4-5-14(17(26)27)15(21)9-12;;/h5-6,9-11H,4,7-8H2,1,3H3,(H,24,28);4-5,8-10H,3,6-7H2,1H3,(H,26,27);2*1H4. The number of benzene rings is 2. The Morgan fingerprint density at radius 1 is 0.721 bits per heavy atom. The quantitative estimate of drug-likeness (QED) is 0.142. The van der Waals surface area contributed by atoms with Gasteiger partial charge in [0.05, 0.1) is 22.5 Å². The predicted octanol–water partition coefficient (Wildman–Crippen LogP) is 8.61. The van der Waals surface area contributed by atoms with E-state index in [9.17, 15) is 28.0 Å². The van der Waals surface area contributed by atoms with Crippen LogP contribution < -0.4 is 24.9 Å². The number of anilines is 4. The number of carbonyl (C=O) groups excluding carboxylic acids is 3. The van der Waals surface area contributed by atoms with Crippen LogP contribution >= 0.6 is 24.4 Å². The molecule has 0 bridgehead atoms. The second-order valence-electron chi connectivity index (χ2n) is 14.4. The number of carboxylic acid groups (broad SMARTS) is 1. The van der Waals surface area contributed by atoms with E-state index in [0.717, 1.165) is 18.9 Å². The molecule has 0 unspecified atom stereocenters. The van der Waals surface area contributed by atoms with Gasteiger partial charge in [0.25, 0.3) is 29.4 Å². The number of hydrogen-bond acceptors (Lipinski definition) is 8. The van der Waals surface area contributed by atoms with Crippen molar-refractivity contribution < 1.29 is 33.1 Å². The molecule has 14 nitrogen and oxygen atoms in total. The highest BCUT2D eigenvalue weighted by Gasteiger charge is 2.61. The molecular formula is C43H41F2N9O5S2. The van der Waals surface area contributed by atoms with Gasteiger partial charge in [0, 0.05) is 18.4 Å². The zero-order valence-corrected chi connectivity index (χ0v) is 33.4. The van der Waals surface area contributed by atoms with Gasteiger partial charge < -0.3 is 29.9 Å². The minimum atomic E-state index is -1.37. The van der Waals surface area contributed by atoms with E-state index in [4.69, 9.17) is 42.7 Å². The molecule has 4 fully saturated rings. The second kappa shape index (κ2) is 17.1. The maximum atomic E-state index is 14.6. The van der Waals surface area contributed by atoms with Gasteiger partial charge in [-0.2, -0.15) is 0 Å². The zero-order valence-electron chi connectivity index (χ0n) is 31.7. The molecule has 0 atom stereocenters. The van der Waals surface area contributed by atoms with Crippen molar-refractivity contribution in [3.63, 3.8) is 0 Å². The molecular weight excluding hydrogens is 825 g/mol. The molecule has 2 aliphatic carbocycles. The summed E-state index contributed by atoms with van der Waals surface area (Å²) in [7, 11) is 1.43. The number of amides is 3. The number of aromatic nitrogens is 2. The topological polar surface area (TPSA) is 148 Å². The van der Waals surface area contributed by atoms with Crippen molar-refractivity contribution in [3.8, 4) is 0 Å². The van der Waals surface area contributed by atoms with Crippen molar-refractivity contribution in [2.45, 2.75) is 78.3 Å². The first kappa shape index (κ1) is 45.3. The number of aryl methyl sites for hydroxylation is 2. The van der Waals surface area contributed by atoms with Crippen molar-refractivity contribution in [2.24, 2.45) is 0 Å². The maximum Gasteiger partial charge on any atom is 0.338 e. The fourth-order valence-electron chi connectivity index (χ4n) is 7.78. The maximum absolute atomic E-state index is 14.6. The number of nitrogens with one attached hydrogen (secondary N) is 1. The van der Waals surface area contributed by atoms with Gasteiger partial charge in [0.15, 0.2) is 10.2 Å². The van der Waals surface area contributed by atoms with E-state index in [0.29, 0.717) is 59.6 Å². The molecule has 4 aromatic rings. The fourth-order valence-corrected chi connectivity index (χ4v) is 8.72. The van der Waals surface area contributed by atoms with Crippen LogP contribution in [0.2, 0.25) is 0 Å². The van der Waals surface area contributed by atoms with Crippen LogP contribution in [0.3, 0.4) is 0 Å². The lowest BCUT2D eigenvalue weighted by atomic mass is 9.75. The Morgan fingerprint density at radius 3 is 1.41 bits per heavy atom. The van der Waals surface area contributed by atoms with E-state index in [1.807, 2.05) is 0 Å². The average molecular weight is 866 g/mol. The Bertz CT molecular complexity index is 2620. The van der Waals surface area contributed by atoms with Crippen molar-refractivity contribution >= 4 is 92.7 Å². The van der Waals surface area contributed by atoms with Crippen molar-refractivity contribution in [1.82, 2.24) is 15.3 Å². The third kappa shape index (κ3) is 7.21. The molecule has 314 valence electrons. The van der Waals surface area contributed by atoms with Crippen LogP contribution in [-0.2, 0) is 9.59 Å². The molecule has 2 saturated carbocycles. The van der Waals surface area contributed by atoms with E-state index >= 15 is 0 Å². The lowest BCUT2D eigenvalue weighted by Crippen LogP contribution is -2.55. The number of nitrogens with zero attached hydrogens (tertiary/aromatic N) is 8. The van der Waals surface area contributed by atoms with Gasteiger partial charge in [0.1, 0.15) is 35.1 Å². The Kier molecular flexibility index (Phi) is 12.7. The van der Waals surface area contributed by atoms with E-state index < -0.39 is 40.2 Å².